The summed E-state index contributed by atoms with van der Waals surface area (Å²) < 4.78 is 0. The lowest BCUT2D eigenvalue weighted by molar-refractivity contribution is 0.273. The van der Waals surface area contributed by atoms with Crippen molar-refractivity contribution in [2.24, 2.45) is 5.92 Å². The SMILES string of the molecule is CCNC(CN(C)C)C1CCCC1. The first kappa shape index (κ1) is 11.0. The fourth-order valence-corrected chi connectivity index (χ4v) is 2.40. The van der Waals surface area contributed by atoms with Crippen LogP contribution in [0, 0.1) is 5.92 Å². The van der Waals surface area contributed by atoms with Crippen molar-refractivity contribution in [2.45, 2.75) is 38.6 Å². The zero-order chi connectivity index (χ0) is 9.68. The summed E-state index contributed by atoms with van der Waals surface area (Å²) in [4.78, 5) is 2.30. The molecular weight excluding hydrogens is 160 g/mol. The lowest BCUT2D eigenvalue weighted by Gasteiger charge is -2.27. The van der Waals surface area contributed by atoms with E-state index in [0.717, 1.165) is 18.5 Å². The Balaban J connectivity index is 2.35. The number of hydrogen-bond acceptors (Lipinski definition) is 2. The summed E-state index contributed by atoms with van der Waals surface area (Å²) in [7, 11) is 4.33. The second kappa shape index (κ2) is 5.61. The number of rotatable bonds is 5. The smallest absolute Gasteiger partial charge is 0.0222 e. The fraction of sp³-hybridized carbons (Fsp3) is 1.00. The molecule has 1 rings (SSSR count). The van der Waals surface area contributed by atoms with Gasteiger partial charge >= 0.3 is 0 Å². The molecule has 1 aliphatic rings. The van der Waals surface area contributed by atoms with E-state index in [1.807, 2.05) is 0 Å². The molecule has 0 aromatic rings. The van der Waals surface area contributed by atoms with Crippen LogP contribution in [0.25, 0.3) is 0 Å². The minimum absolute atomic E-state index is 0.725. The third-order valence-corrected chi connectivity index (χ3v) is 3.00. The quantitative estimate of drug-likeness (QED) is 0.700. The monoisotopic (exact) mass is 184 g/mol. The molecule has 78 valence electrons. The summed E-state index contributed by atoms with van der Waals surface area (Å²) >= 11 is 0. The van der Waals surface area contributed by atoms with Gasteiger partial charge in [0.05, 0.1) is 0 Å². The van der Waals surface area contributed by atoms with Crippen molar-refractivity contribution in [3.8, 4) is 0 Å². The van der Waals surface area contributed by atoms with Gasteiger partial charge in [0, 0.05) is 12.6 Å². The summed E-state index contributed by atoms with van der Waals surface area (Å²) in [6, 6.07) is 0.725. The van der Waals surface area contributed by atoms with E-state index in [4.69, 9.17) is 0 Å². The zero-order valence-electron chi connectivity index (χ0n) is 9.34. The molecule has 2 nitrogen and oxygen atoms in total. The first-order valence-electron chi connectivity index (χ1n) is 5.62. The zero-order valence-corrected chi connectivity index (χ0v) is 9.34. The summed E-state index contributed by atoms with van der Waals surface area (Å²) in [5, 5.41) is 3.61. The lowest BCUT2D eigenvalue weighted by Crippen LogP contribution is -2.42. The molecule has 0 aromatic carbocycles. The number of hydrogen-bond donors (Lipinski definition) is 1. The van der Waals surface area contributed by atoms with Crippen molar-refractivity contribution in [2.75, 3.05) is 27.2 Å². The van der Waals surface area contributed by atoms with Gasteiger partial charge in [-0.15, -0.1) is 0 Å². The predicted octanol–water partition coefficient (Wildman–Crippen LogP) is 1.72. The average molecular weight is 184 g/mol. The standard InChI is InChI=1S/C11H24N2/c1-4-12-11(9-13(2)3)10-7-5-6-8-10/h10-12H,4-9H2,1-3H3. The van der Waals surface area contributed by atoms with E-state index < -0.39 is 0 Å². The average Bonchev–Trinajstić information content (AvgIpc) is 2.54. The molecule has 1 unspecified atom stereocenters. The summed E-state index contributed by atoms with van der Waals surface area (Å²) in [5.41, 5.74) is 0. The van der Waals surface area contributed by atoms with E-state index in [-0.39, 0.29) is 0 Å². The van der Waals surface area contributed by atoms with Crippen molar-refractivity contribution in [1.82, 2.24) is 10.2 Å². The molecule has 13 heavy (non-hydrogen) atoms. The highest BCUT2D eigenvalue weighted by Crippen LogP contribution is 2.27. The molecule has 1 aliphatic carbocycles. The van der Waals surface area contributed by atoms with Gasteiger partial charge in [-0.2, -0.15) is 0 Å². The molecule has 0 heterocycles. The van der Waals surface area contributed by atoms with Gasteiger partial charge in [0.1, 0.15) is 0 Å². The van der Waals surface area contributed by atoms with Crippen LogP contribution >= 0.6 is 0 Å². The largest absolute Gasteiger partial charge is 0.313 e. The van der Waals surface area contributed by atoms with E-state index in [0.29, 0.717) is 0 Å². The van der Waals surface area contributed by atoms with Crippen LogP contribution in [0.3, 0.4) is 0 Å². The topological polar surface area (TPSA) is 15.3 Å². The highest BCUT2D eigenvalue weighted by Gasteiger charge is 2.24. The minimum atomic E-state index is 0.725. The van der Waals surface area contributed by atoms with E-state index in [1.165, 1.54) is 32.2 Å². The highest BCUT2D eigenvalue weighted by molar-refractivity contribution is 4.81. The second-order valence-electron chi connectivity index (χ2n) is 4.47. The molecule has 1 fully saturated rings. The molecular formula is C11H24N2. The van der Waals surface area contributed by atoms with Crippen LogP contribution in [0.5, 0.6) is 0 Å². The van der Waals surface area contributed by atoms with Gasteiger partial charge in [0.2, 0.25) is 0 Å². The van der Waals surface area contributed by atoms with Gasteiger partial charge in [-0.1, -0.05) is 19.8 Å². The van der Waals surface area contributed by atoms with Crippen molar-refractivity contribution >= 4 is 0 Å². The maximum absolute atomic E-state index is 3.61. The van der Waals surface area contributed by atoms with Crippen LogP contribution in [0.1, 0.15) is 32.6 Å². The van der Waals surface area contributed by atoms with E-state index in [1.54, 1.807) is 0 Å². The van der Waals surface area contributed by atoms with Gasteiger partial charge < -0.3 is 10.2 Å². The third-order valence-electron chi connectivity index (χ3n) is 3.00. The van der Waals surface area contributed by atoms with E-state index in [2.05, 4.69) is 31.2 Å². The molecule has 1 saturated carbocycles. The second-order valence-corrected chi connectivity index (χ2v) is 4.47. The van der Waals surface area contributed by atoms with Gasteiger partial charge in [-0.05, 0) is 39.4 Å². The van der Waals surface area contributed by atoms with E-state index >= 15 is 0 Å². The molecule has 0 amide bonds. The Hall–Kier alpha value is -0.0800. The predicted molar refractivity (Wildman–Crippen MR) is 58.0 cm³/mol. The van der Waals surface area contributed by atoms with Gasteiger partial charge in [-0.25, -0.2) is 0 Å². The Labute approximate surface area is 82.7 Å². The molecule has 0 spiro atoms. The van der Waals surface area contributed by atoms with Gasteiger partial charge in [0.15, 0.2) is 0 Å². The maximum atomic E-state index is 3.61. The Kier molecular flexibility index (Phi) is 4.74. The molecule has 1 N–H and O–H groups in total. The van der Waals surface area contributed by atoms with Crippen molar-refractivity contribution < 1.29 is 0 Å². The lowest BCUT2D eigenvalue weighted by atomic mass is 9.98. The van der Waals surface area contributed by atoms with Crippen LogP contribution in [0.15, 0.2) is 0 Å². The number of likely N-dealkylation sites (N-methyl/N-ethyl adjacent to an activating group) is 2. The number of nitrogens with zero attached hydrogens (tertiary/aromatic N) is 1. The van der Waals surface area contributed by atoms with Crippen LogP contribution in [-0.4, -0.2) is 38.1 Å². The summed E-state index contributed by atoms with van der Waals surface area (Å²) in [6.07, 6.45) is 5.76. The molecule has 2 heteroatoms. The minimum Gasteiger partial charge on any atom is -0.313 e. The molecule has 1 atom stereocenters. The molecule has 0 aliphatic heterocycles. The third kappa shape index (κ3) is 3.65. The summed E-state index contributed by atoms with van der Waals surface area (Å²) in [5.74, 6) is 0.933. The number of nitrogens with one attached hydrogen (secondary N) is 1. The van der Waals surface area contributed by atoms with E-state index in [9.17, 15) is 0 Å². The first-order valence-corrected chi connectivity index (χ1v) is 5.62. The van der Waals surface area contributed by atoms with Crippen LogP contribution < -0.4 is 5.32 Å². The van der Waals surface area contributed by atoms with Crippen LogP contribution in [-0.2, 0) is 0 Å². The molecule has 0 bridgehead atoms. The molecule has 0 saturated heterocycles. The Morgan fingerprint density at radius 1 is 1.31 bits per heavy atom. The van der Waals surface area contributed by atoms with Crippen LogP contribution in [0.4, 0.5) is 0 Å². The highest BCUT2D eigenvalue weighted by atomic mass is 15.1. The first-order chi connectivity index (χ1) is 6.24. The van der Waals surface area contributed by atoms with Crippen LogP contribution in [0.2, 0.25) is 0 Å². The summed E-state index contributed by atoms with van der Waals surface area (Å²) in [6.45, 7) is 4.51. The van der Waals surface area contributed by atoms with Gasteiger partial charge in [-0.3, -0.25) is 0 Å². The van der Waals surface area contributed by atoms with Gasteiger partial charge in [0.25, 0.3) is 0 Å². The normalized spacial score (nSPS) is 21.2. The Bertz CT molecular complexity index is 128. The molecule has 0 radical (unpaired) electrons. The Morgan fingerprint density at radius 2 is 1.92 bits per heavy atom. The van der Waals surface area contributed by atoms with Crippen molar-refractivity contribution in [3.05, 3.63) is 0 Å². The molecule has 0 aromatic heterocycles. The van der Waals surface area contributed by atoms with Crippen molar-refractivity contribution in [1.29, 1.82) is 0 Å². The fourth-order valence-electron chi connectivity index (χ4n) is 2.40. The maximum Gasteiger partial charge on any atom is 0.0222 e. The van der Waals surface area contributed by atoms with Crippen molar-refractivity contribution in [3.63, 3.8) is 0 Å². The Morgan fingerprint density at radius 3 is 2.38 bits per heavy atom.